The minimum atomic E-state index is 0.281. The van der Waals surface area contributed by atoms with Crippen LogP contribution in [0.15, 0.2) is 0 Å². The normalized spacial score (nSPS) is 36.9. The van der Waals surface area contributed by atoms with Crippen molar-refractivity contribution in [2.45, 2.75) is 44.7 Å². The fourth-order valence-electron chi connectivity index (χ4n) is 4.03. The van der Waals surface area contributed by atoms with Crippen LogP contribution in [0.2, 0.25) is 0 Å². The summed E-state index contributed by atoms with van der Waals surface area (Å²) in [5, 5.41) is 0. The Morgan fingerprint density at radius 2 is 1.78 bits per heavy atom. The van der Waals surface area contributed by atoms with Crippen LogP contribution in [0.3, 0.4) is 0 Å². The first-order valence-electron chi connectivity index (χ1n) is 7.42. The minimum absolute atomic E-state index is 0.281. The van der Waals surface area contributed by atoms with Gasteiger partial charge in [-0.05, 0) is 32.2 Å². The molecule has 1 unspecified atom stereocenters. The zero-order valence-electron chi connectivity index (χ0n) is 11.3. The molecule has 3 heterocycles. The summed E-state index contributed by atoms with van der Waals surface area (Å²) in [7, 11) is 0. The van der Waals surface area contributed by atoms with Crippen LogP contribution in [-0.4, -0.2) is 60.6 Å². The monoisotopic (exact) mass is 252 g/mol. The predicted molar refractivity (Wildman–Crippen MR) is 69.3 cm³/mol. The number of amides is 1. The third kappa shape index (κ3) is 2.16. The van der Waals surface area contributed by atoms with Crippen LogP contribution < -0.4 is 0 Å². The molecule has 3 aliphatic rings. The van der Waals surface area contributed by atoms with Gasteiger partial charge in [0.15, 0.2) is 0 Å². The molecule has 0 aromatic heterocycles. The van der Waals surface area contributed by atoms with E-state index in [9.17, 15) is 4.79 Å². The molecule has 0 aromatic carbocycles. The molecule has 4 heteroatoms. The number of nitrogens with zero attached hydrogens (tertiary/aromatic N) is 2. The zero-order chi connectivity index (χ0) is 12.5. The van der Waals surface area contributed by atoms with E-state index in [1.165, 1.54) is 12.8 Å². The van der Waals surface area contributed by atoms with Gasteiger partial charge in [0.05, 0.1) is 13.2 Å². The number of piperidine rings is 1. The van der Waals surface area contributed by atoms with Crippen molar-refractivity contribution < 1.29 is 9.53 Å². The van der Waals surface area contributed by atoms with Crippen molar-refractivity contribution in [3.63, 3.8) is 0 Å². The third-order valence-electron chi connectivity index (χ3n) is 4.92. The summed E-state index contributed by atoms with van der Waals surface area (Å²) >= 11 is 0. The molecule has 0 aromatic rings. The second-order valence-corrected chi connectivity index (χ2v) is 5.82. The summed E-state index contributed by atoms with van der Waals surface area (Å²) in [4.78, 5) is 17.2. The van der Waals surface area contributed by atoms with Gasteiger partial charge in [-0.2, -0.15) is 0 Å². The van der Waals surface area contributed by atoms with E-state index in [4.69, 9.17) is 4.74 Å². The van der Waals surface area contributed by atoms with E-state index < -0.39 is 0 Å². The van der Waals surface area contributed by atoms with Crippen LogP contribution in [0.4, 0.5) is 0 Å². The average Bonchev–Trinajstić information content (AvgIpc) is 2.67. The highest BCUT2D eigenvalue weighted by Gasteiger charge is 2.42. The van der Waals surface area contributed by atoms with Gasteiger partial charge in [0.1, 0.15) is 0 Å². The van der Waals surface area contributed by atoms with E-state index in [2.05, 4.69) is 11.8 Å². The summed E-state index contributed by atoms with van der Waals surface area (Å²) in [5.74, 6) is 0.675. The molecular formula is C14H24N2O2. The third-order valence-corrected chi connectivity index (χ3v) is 4.92. The van der Waals surface area contributed by atoms with Gasteiger partial charge in [-0.15, -0.1) is 0 Å². The van der Waals surface area contributed by atoms with Gasteiger partial charge in [-0.1, -0.05) is 6.92 Å². The Morgan fingerprint density at radius 1 is 1.17 bits per heavy atom. The number of fused-ring (bicyclic) bond motifs is 2. The maximum absolute atomic E-state index is 12.5. The molecule has 1 amide bonds. The Hall–Kier alpha value is -0.610. The van der Waals surface area contributed by atoms with Gasteiger partial charge in [-0.25, -0.2) is 0 Å². The SMILES string of the molecule is CCN1[C@@H]2CC[C@H]1CC(C(=O)N1CCOCC1)C2. The number of hydrogen-bond donors (Lipinski definition) is 0. The second kappa shape index (κ2) is 5.17. The summed E-state index contributed by atoms with van der Waals surface area (Å²) in [6, 6.07) is 1.34. The van der Waals surface area contributed by atoms with Crippen molar-refractivity contribution in [2.24, 2.45) is 5.92 Å². The fraction of sp³-hybridized carbons (Fsp3) is 0.929. The Bertz CT molecular complexity index is 301. The van der Waals surface area contributed by atoms with Gasteiger partial charge in [-0.3, -0.25) is 9.69 Å². The van der Waals surface area contributed by atoms with Crippen LogP contribution in [0.1, 0.15) is 32.6 Å². The van der Waals surface area contributed by atoms with E-state index in [1.54, 1.807) is 0 Å². The lowest BCUT2D eigenvalue weighted by Gasteiger charge is -2.40. The molecule has 2 bridgehead atoms. The average molecular weight is 252 g/mol. The topological polar surface area (TPSA) is 32.8 Å². The van der Waals surface area contributed by atoms with Crippen LogP contribution in [0.25, 0.3) is 0 Å². The Labute approximate surface area is 109 Å². The molecule has 3 atom stereocenters. The van der Waals surface area contributed by atoms with E-state index in [1.807, 2.05) is 4.90 Å². The fourth-order valence-corrected chi connectivity index (χ4v) is 4.03. The van der Waals surface area contributed by atoms with Gasteiger partial charge in [0.25, 0.3) is 0 Å². The van der Waals surface area contributed by atoms with Gasteiger partial charge in [0, 0.05) is 31.1 Å². The van der Waals surface area contributed by atoms with Gasteiger partial charge >= 0.3 is 0 Å². The molecule has 3 rings (SSSR count). The first kappa shape index (κ1) is 12.4. The molecule has 3 fully saturated rings. The second-order valence-electron chi connectivity index (χ2n) is 5.82. The van der Waals surface area contributed by atoms with Crippen LogP contribution in [-0.2, 0) is 9.53 Å². The highest BCUT2D eigenvalue weighted by molar-refractivity contribution is 5.79. The van der Waals surface area contributed by atoms with E-state index >= 15 is 0 Å². The summed E-state index contributed by atoms with van der Waals surface area (Å²) < 4.78 is 5.32. The molecule has 0 spiro atoms. The Kier molecular flexibility index (Phi) is 3.57. The lowest BCUT2D eigenvalue weighted by molar-refractivity contribution is -0.142. The predicted octanol–water partition coefficient (Wildman–Crippen LogP) is 1.11. The maximum atomic E-state index is 12.5. The Morgan fingerprint density at radius 3 is 2.33 bits per heavy atom. The van der Waals surface area contributed by atoms with Crippen LogP contribution in [0, 0.1) is 5.92 Å². The largest absolute Gasteiger partial charge is 0.378 e. The molecule has 0 N–H and O–H groups in total. The van der Waals surface area contributed by atoms with Crippen molar-refractivity contribution in [2.75, 3.05) is 32.8 Å². The first-order chi connectivity index (χ1) is 8.79. The van der Waals surface area contributed by atoms with Crippen molar-refractivity contribution in [3.8, 4) is 0 Å². The molecule has 4 nitrogen and oxygen atoms in total. The summed E-state index contributed by atoms with van der Waals surface area (Å²) in [5.41, 5.74) is 0. The molecular weight excluding hydrogens is 228 g/mol. The van der Waals surface area contributed by atoms with Crippen molar-refractivity contribution >= 4 is 5.91 Å². The summed E-state index contributed by atoms with van der Waals surface area (Å²) in [6.45, 7) is 6.41. The lowest BCUT2D eigenvalue weighted by Crippen LogP contribution is -2.49. The molecule has 18 heavy (non-hydrogen) atoms. The highest BCUT2D eigenvalue weighted by Crippen LogP contribution is 2.39. The van der Waals surface area contributed by atoms with E-state index in [-0.39, 0.29) is 5.92 Å². The van der Waals surface area contributed by atoms with Gasteiger partial charge < -0.3 is 9.64 Å². The number of hydrogen-bond acceptors (Lipinski definition) is 3. The number of morpholine rings is 1. The zero-order valence-corrected chi connectivity index (χ0v) is 11.3. The number of carbonyl (C=O) groups is 1. The smallest absolute Gasteiger partial charge is 0.225 e. The van der Waals surface area contributed by atoms with Crippen molar-refractivity contribution in [1.82, 2.24) is 9.80 Å². The Balaban J connectivity index is 1.62. The maximum Gasteiger partial charge on any atom is 0.225 e. The number of carbonyl (C=O) groups excluding carboxylic acids is 1. The first-order valence-corrected chi connectivity index (χ1v) is 7.42. The molecule has 3 aliphatic heterocycles. The van der Waals surface area contributed by atoms with Crippen LogP contribution in [0.5, 0.6) is 0 Å². The van der Waals surface area contributed by atoms with E-state index in [0.29, 0.717) is 31.2 Å². The summed E-state index contributed by atoms with van der Waals surface area (Å²) in [6.07, 6.45) is 4.76. The number of rotatable bonds is 2. The standard InChI is InChI=1S/C14H24N2O2/c1-2-16-12-3-4-13(16)10-11(9-12)14(17)15-5-7-18-8-6-15/h11-13H,2-10H2,1H3/t11?,12-,13+. The molecule has 0 radical (unpaired) electrons. The van der Waals surface area contributed by atoms with E-state index in [0.717, 1.165) is 32.5 Å². The minimum Gasteiger partial charge on any atom is -0.378 e. The quantitative estimate of drug-likeness (QED) is 0.738. The van der Waals surface area contributed by atoms with Crippen molar-refractivity contribution in [3.05, 3.63) is 0 Å². The highest BCUT2D eigenvalue weighted by atomic mass is 16.5. The van der Waals surface area contributed by atoms with Crippen LogP contribution >= 0.6 is 0 Å². The molecule has 3 saturated heterocycles. The molecule has 102 valence electrons. The van der Waals surface area contributed by atoms with Gasteiger partial charge in [0.2, 0.25) is 5.91 Å². The lowest BCUT2D eigenvalue weighted by atomic mass is 9.89. The van der Waals surface area contributed by atoms with Crippen molar-refractivity contribution in [1.29, 1.82) is 0 Å². The number of ether oxygens (including phenoxy) is 1. The molecule has 0 saturated carbocycles. The molecule has 0 aliphatic carbocycles.